The smallest absolute Gasteiger partial charge is 0.240 e. The Morgan fingerprint density at radius 3 is 2.38 bits per heavy atom. The first-order valence-electron chi connectivity index (χ1n) is 8.46. The Kier molecular flexibility index (Phi) is 5.49. The van der Waals surface area contributed by atoms with Crippen molar-refractivity contribution in [2.45, 2.75) is 31.6 Å². The number of hydrogen-bond acceptors (Lipinski definition) is 5. The molecule has 3 rings (SSSR count). The lowest BCUT2D eigenvalue weighted by atomic mass is 10.1. The van der Waals surface area contributed by atoms with Crippen LogP contribution in [-0.2, 0) is 22.9 Å². The molecule has 0 saturated heterocycles. The van der Waals surface area contributed by atoms with Crippen molar-refractivity contribution < 1.29 is 12.9 Å². The summed E-state index contributed by atoms with van der Waals surface area (Å²) in [6.45, 7) is 4.22. The van der Waals surface area contributed by atoms with Gasteiger partial charge in [-0.2, -0.15) is 4.98 Å². The third-order valence-electron chi connectivity index (χ3n) is 4.05. The van der Waals surface area contributed by atoms with Crippen LogP contribution < -0.4 is 4.72 Å². The first-order valence-corrected chi connectivity index (χ1v) is 9.94. The SMILES string of the molecule is CCc1ccc(S(=O)(=O)NCCc2nc(-c3ccc(C)cc3)no2)cc1. The van der Waals surface area contributed by atoms with E-state index in [4.69, 9.17) is 4.52 Å². The van der Waals surface area contributed by atoms with E-state index in [-0.39, 0.29) is 11.4 Å². The molecule has 136 valence electrons. The van der Waals surface area contributed by atoms with Crippen molar-refractivity contribution in [1.82, 2.24) is 14.9 Å². The maximum atomic E-state index is 12.3. The van der Waals surface area contributed by atoms with Crippen molar-refractivity contribution in [2.24, 2.45) is 0 Å². The van der Waals surface area contributed by atoms with Gasteiger partial charge < -0.3 is 4.52 Å². The van der Waals surface area contributed by atoms with E-state index in [0.717, 1.165) is 23.1 Å². The number of sulfonamides is 1. The lowest BCUT2D eigenvalue weighted by Crippen LogP contribution is -2.26. The van der Waals surface area contributed by atoms with Gasteiger partial charge in [0, 0.05) is 18.5 Å². The average Bonchev–Trinajstić information content (AvgIpc) is 3.11. The Morgan fingerprint density at radius 2 is 1.73 bits per heavy atom. The molecule has 0 atom stereocenters. The van der Waals surface area contributed by atoms with Gasteiger partial charge in [-0.15, -0.1) is 0 Å². The molecule has 0 saturated carbocycles. The highest BCUT2D eigenvalue weighted by Gasteiger charge is 2.14. The zero-order valence-electron chi connectivity index (χ0n) is 14.8. The van der Waals surface area contributed by atoms with Gasteiger partial charge in [0.15, 0.2) is 0 Å². The van der Waals surface area contributed by atoms with Crippen LogP contribution in [0.3, 0.4) is 0 Å². The van der Waals surface area contributed by atoms with Gasteiger partial charge in [0.25, 0.3) is 0 Å². The van der Waals surface area contributed by atoms with Crippen LogP contribution in [0.15, 0.2) is 57.9 Å². The number of aryl methyl sites for hydroxylation is 2. The van der Waals surface area contributed by atoms with Crippen LogP contribution in [0.4, 0.5) is 0 Å². The van der Waals surface area contributed by atoms with E-state index in [2.05, 4.69) is 14.9 Å². The summed E-state index contributed by atoms with van der Waals surface area (Å²) in [5.41, 5.74) is 3.11. The number of nitrogens with zero attached hydrogens (tertiary/aromatic N) is 2. The van der Waals surface area contributed by atoms with Crippen LogP contribution in [0.1, 0.15) is 23.9 Å². The molecule has 1 heterocycles. The van der Waals surface area contributed by atoms with E-state index in [9.17, 15) is 8.42 Å². The van der Waals surface area contributed by atoms with E-state index in [1.54, 1.807) is 12.1 Å². The summed E-state index contributed by atoms with van der Waals surface area (Å²) >= 11 is 0. The molecule has 0 spiro atoms. The number of nitrogens with one attached hydrogen (secondary N) is 1. The summed E-state index contributed by atoms with van der Waals surface area (Å²) in [4.78, 5) is 4.56. The van der Waals surface area contributed by atoms with E-state index in [1.807, 2.05) is 50.2 Å². The summed E-state index contributed by atoms with van der Waals surface area (Å²) in [6, 6.07) is 14.7. The molecule has 0 aliphatic carbocycles. The van der Waals surface area contributed by atoms with Crippen LogP contribution in [0, 0.1) is 6.92 Å². The van der Waals surface area contributed by atoms with Crippen molar-refractivity contribution in [3.8, 4) is 11.4 Å². The molecular formula is C19H21N3O3S. The Balaban J connectivity index is 1.60. The molecule has 0 fully saturated rings. The lowest BCUT2D eigenvalue weighted by molar-refractivity contribution is 0.379. The highest BCUT2D eigenvalue weighted by molar-refractivity contribution is 7.89. The first kappa shape index (κ1) is 18.3. The third-order valence-corrected chi connectivity index (χ3v) is 5.53. The number of aromatic nitrogens is 2. The summed E-state index contributed by atoms with van der Waals surface area (Å²) in [5.74, 6) is 0.891. The topological polar surface area (TPSA) is 85.1 Å². The molecular weight excluding hydrogens is 350 g/mol. The Bertz CT molecular complexity index is 962. The van der Waals surface area contributed by atoms with E-state index >= 15 is 0 Å². The normalized spacial score (nSPS) is 11.6. The fourth-order valence-corrected chi connectivity index (χ4v) is 3.49. The van der Waals surface area contributed by atoms with Gasteiger partial charge in [-0.25, -0.2) is 13.1 Å². The average molecular weight is 371 g/mol. The summed E-state index contributed by atoms with van der Waals surface area (Å²) in [7, 11) is -3.55. The van der Waals surface area contributed by atoms with Crippen molar-refractivity contribution >= 4 is 10.0 Å². The van der Waals surface area contributed by atoms with Gasteiger partial charge in [0.2, 0.25) is 21.7 Å². The first-order chi connectivity index (χ1) is 12.5. The molecule has 26 heavy (non-hydrogen) atoms. The fourth-order valence-electron chi connectivity index (χ4n) is 2.46. The van der Waals surface area contributed by atoms with Gasteiger partial charge >= 0.3 is 0 Å². The molecule has 7 heteroatoms. The van der Waals surface area contributed by atoms with Crippen molar-refractivity contribution in [3.63, 3.8) is 0 Å². The van der Waals surface area contributed by atoms with Crippen LogP contribution >= 0.6 is 0 Å². The summed E-state index contributed by atoms with van der Waals surface area (Å²) in [6.07, 6.45) is 1.19. The molecule has 0 unspecified atom stereocenters. The predicted molar refractivity (Wildman–Crippen MR) is 99.2 cm³/mol. The standard InChI is InChI=1S/C19H21N3O3S/c1-3-15-6-10-17(11-7-15)26(23,24)20-13-12-18-21-19(22-25-18)16-8-4-14(2)5-9-16/h4-11,20H,3,12-13H2,1-2H3. The molecule has 0 radical (unpaired) electrons. The van der Waals surface area contributed by atoms with E-state index in [0.29, 0.717) is 18.1 Å². The van der Waals surface area contributed by atoms with E-state index < -0.39 is 10.0 Å². The molecule has 1 aromatic heterocycles. The van der Waals surface area contributed by atoms with Gasteiger partial charge in [0.05, 0.1) is 4.90 Å². The second-order valence-corrected chi connectivity index (χ2v) is 7.79. The molecule has 3 aromatic rings. The highest BCUT2D eigenvalue weighted by Crippen LogP contribution is 2.16. The second-order valence-electron chi connectivity index (χ2n) is 6.02. The number of rotatable bonds is 7. The zero-order chi connectivity index (χ0) is 18.6. The molecule has 0 bridgehead atoms. The quantitative estimate of drug-likeness (QED) is 0.690. The number of hydrogen-bond donors (Lipinski definition) is 1. The monoisotopic (exact) mass is 371 g/mol. The maximum Gasteiger partial charge on any atom is 0.240 e. The number of benzene rings is 2. The van der Waals surface area contributed by atoms with Gasteiger partial charge in [-0.3, -0.25) is 0 Å². The molecule has 0 amide bonds. The summed E-state index contributed by atoms with van der Waals surface area (Å²) in [5, 5.41) is 3.95. The molecule has 0 aliphatic rings. The zero-order valence-corrected chi connectivity index (χ0v) is 15.6. The maximum absolute atomic E-state index is 12.3. The molecule has 6 nitrogen and oxygen atoms in total. The largest absolute Gasteiger partial charge is 0.339 e. The highest BCUT2D eigenvalue weighted by atomic mass is 32.2. The Morgan fingerprint density at radius 1 is 1.04 bits per heavy atom. The van der Waals surface area contributed by atoms with Crippen LogP contribution in [-0.4, -0.2) is 25.1 Å². The Labute approximate surface area is 153 Å². The Hall–Kier alpha value is -2.51. The minimum atomic E-state index is -3.55. The molecule has 0 aliphatic heterocycles. The van der Waals surface area contributed by atoms with Crippen molar-refractivity contribution in [2.75, 3.05) is 6.54 Å². The van der Waals surface area contributed by atoms with Crippen LogP contribution in [0.2, 0.25) is 0 Å². The molecule has 2 aromatic carbocycles. The van der Waals surface area contributed by atoms with Gasteiger partial charge in [-0.1, -0.05) is 54.0 Å². The summed E-state index contributed by atoms with van der Waals surface area (Å²) < 4.78 is 32.4. The van der Waals surface area contributed by atoms with Crippen LogP contribution in [0.25, 0.3) is 11.4 Å². The van der Waals surface area contributed by atoms with Crippen molar-refractivity contribution in [1.29, 1.82) is 0 Å². The van der Waals surface area contributed by atoms with Crippen molar-refractivity contribution in [3.05, 3.63) is 65.5 Å². The third kappa shape index (κ3) is 4.36. The fraction of sp³-hybridized carbons (Fsp3) is 0.263. The van der Waals surface area contributed by atoms with E-state index in [1.165, 1.54) is 0 Å². The minimum absolute atomic E-state index is 0.188. The van der Waals surface area contributed by atoms with Gasteiger partial charge in [-0.05, 0) is 31.0 Å². The molecule has 1 N–H and O–H groups in total. The predicted octanol–water partition coefficient (Wildman–Crippen LogP) is 3.13. The van der Waals surface area contributed by atoms with Crippen LogP contribution in [0.5, 0.6) is 0 Å². The minimum Gasteiger partial charge on any atom is -0.339 e. The van der Waals surface area contributed by atoms with Gasteiger partial charge in [0.1, 0.15) is 0 Å². The lowest BCUT2D eigenvalue weighted by Gasteiger charge is -2.06. The second kappa shape index (κ2) is 7.80.